The van der Waals surface area contributed by atoms with E-state index in [1.807, 2.05) is 55.5 Å². The molecule has 0 atom stereocenters. The number of fused-ring (bicyclic) bond motifs is 2. The van der Waals surface area contributed by atoms with Crippen LogP contribution in [0.2, 0.25) is 0 Å². The SMILES string of the molecule is CN(C)C(=O)c1cc2cc(N)ccc2s1.Cc1cn(C)c(C(=O)Nc2ccc3sc(C(=O)N(C)C)cc3c2)n1.Cn1cc(NC(=O)OC(C)(C)C)nc1C(=O)O. The van der Waals surface area contributed by atoms with Crippen molar-refractivity contribution in [3.63, 3.8) is 0 Å². The Morgan fingerprint density at radius 1 is 0.768 bits per heavy atom. The number of nitrogen functional groups attached to an aromatic ring is 1. The van der Waals surface area contributed by atoms with Gasteiger partial charge in [-0.1, -0.05) is 0 Å². The largest absolute Gasteiger partial charge is 0.475 e. The third kappa shape index (κ3) is 11.1. The zero-order valence-corrected chi connectivity index (χ0v) is 34.4. The van der Waals surface area contributed by atoms with Crippen LogP contribution in [0.25, 0.3) is 20.2 Å². The van der Waals surface area contributed by atoms with Crippen LogP contribution in [0.3, 0.4) is 0 Å². The summed E-state index contributed by atoms with van der Waals surface area (Å²) in [6.45, 7) is 7.03. The minimum atomic E-state index is -1.16. The van der Waals surface area contributed by atoms with Gasteiger partial charge in [0.1, 0.15) is 5.60 Å². The van der Waals surface area contributed by atoms with Crippen LogP contribution in [0.5, 0.6) is 0 Å². The number of carboxylic acids is 1. The molecule has 296 valence electrons. The molecule has 4 heterocycles. The van der Waals surface area contributed by atoms with Crippen molar-refractivity contribution in [1.82, 2.24) is 28.9 Å². The van der Waals surface area contributed by atoms with Crippen molar-refractivity contribution >= 4 is 89.8 Å². The Balaban J connectivity index is 0.000000193. The Labute approximate surface area is 331 Å². The molecule has 18 heteroatoms. The second-order valence-corrected chi connectivity index (χ2v) is 16.1. The Morgan fingerprint density at radius 3 is 1.79 bits per heavy atom. The number of aromatic carboxylic acids is 1. The fraction of sp³-hybridized carbons (Fsp3) is 0.289. The number of aryl methyl sites for hydroxylation is 3. The van der Waals surface area contributed by atoms with Crippen LogP contribution < -0.4 is 16.4 Å². The van der Waals surface area contributed by atoms with Crippen molar-refractivity contribution < 1.29 is 33.8 Å². The first-order valence-electron chi connectivity index (χ1n) is 17.0. The number of hydrogen-bond donors (Lipinski definition) is 4. The molecule has 0 aliphatic heterocycles. The van der Waals surface area contributed by atoms with Gasteiger partial charge in [-0.15, -0.1) is 22.7 Å². The molecule has 6 rings (SSSR count). The molecule has 0 radical (unpaired) electrons. The van der Waals surface area contributed by atoms with Crippen LogP contribution in [0, 0.1) is 6.92 Å². The quantitative estimate of drug-likeness (QED) is 0.134. The van der Waals surface area contributed by atoms with E-state index in [4.69, 9.17) is 15.6 Å². The molecular formula is C38H45N9O7S2. The van der Waals surface area contributed by atoms with Crippen molar-refractivity contribution in [3.05, 3.63) is 88.0 Å². The number of ether oxygens (including phenoxy) is 1. The number of rotatable bonds is 6. The summed E-state index contributed by atoms with van der Waals surface area (Å²) in [6, 6.07) is 15.0. The maximum atomic E-state index is 12.3. The molecule has 2 aromatic carbocycles. The van der Waals surface area contributed by atoms with Gasteiger partial charge in [0.15, 0.2) is 11.6 Å². The number of nitrogens with zero attached hydrogens (tertiary/aromatic N) is 6. The summed E-state index contributed by atoms with van der Waals surface area (Å²) in [5.41, 5.74) is 7.26. The van der Waals surface area contributed by atoms with E-state index in [0.29, 0.717) is 16.4 Å². The number of hydrogen-bond acceptors (Lipinski definition) is 11. The maximum absolute atomic E-state index is 12.3. The van der Waals surface area contributed by atoms with E-state index in [2.05, 4.69) is 20.6 Å². The number of nitrogens with one attached hydrogen (secondary N) is 2. The van der Waals surface area contributed by atoms with E-state index >= 15 is 0 Å². The van der Waals surface area contributed by atoms with Crippen LogP contribution in [0.1, 0.15) is 67.0 Å². The number of anilines is 3. The molecule has 0 aliphatic rings. The minimum absolute atomic E-state index is 0.0229. The van der Waals surface area contributed by atoms with Crippen molar-refractivity contribution in [2.75, 3.05) is 44.6 Å². The number of carbonyl (C=O) groups is 5. The van der Waals surface area contributed by atoms with Crippen LogP contribution >= 0.6 is 22.7 Å². The first kappa shape index (κ1) is 42.5. The fourth-order valence-electron chi connectivity index (χ4n) is 4.98. The standard InChI is InChI=1S/C17H18N4O2S.C11H12N2OS.C10H15N3O4/c1-10-9-21(4)15(18-10)16(22)19-12-5-6-13-11(7-12)8-14(24-13)17(23)20(2)3;1-13(2)11(14)10-6-7-5-8(12)3-4-9(7)15-10;1-10(2,3)17-9(16)12-6-5-13(4)7(11-6)8(14)15/h5-9H,1-4H3,(H,19,22);3-6H,12H2,1-2H3;5H,1-4H3,(H,12,16)(H,14,15). The topological polar surface area (TPSA) is 207 Å². The van der Waals surface area contributed by atoms with Gasteiger partial charge in [-0.3, -0.25) is 19.7 Å². The summed E-state index contributed by atoms with van der Waals surface area (Å²) in [5, 5.41) is 15.9. The van der Waals surface area contributed by atoms with Crippen molar-refractivity contribution in [2.24, 2.45) is 14.1 Å². The second-order valence-electron chi connectivity index (χ2n) is 13.9. The number of carbonyl (C=O) groups excluding carboxylic acids is 4. The van der Waals surface area contributed by atoms with Gasteiger partial charge in [0, 0.05) is 75.5 Å². The van der Waals surface area contributed by atoms with E-state index in [9.17, 15) is 24.0 Å². The number of aromatic nitrogens is 4. The van der Waals surface area contributed by atoms with E-state index in [1.54, 1.807) is 76.6 Å². The van der Waals surface area contributed by atoms with Crippen LogP contribution in [-0.2, 0) is 18.8 Å². The van der Waals surface area contributed by atoms with Gasteiger partial charge in [0.25, 0.3) is 17.7 Å². The Kier molecular flexibility index (Phi) is 13.2. The Morgan fingerprint density at radius 2 is 1.30 bits per heavy atom. The number of thiophene rings is 2. The Hall–Kier alpha value is -6.27. The smallest absolute Gasteiger partial charge is 0.413 e. The number of carboxylic acid groups (broad SMARTS) is 1. The molecule has 0 saturated heterocycles. The van der Waals surface area contributed by atoms with Crippen LogP contribution in [0.4, 0.5) is 22.0 Å². The molecule has 0 bridgehead atoms. The summed E-state index contributed by atoms with van der Waals surface area (Å²) in [5.74, 6) is -1.06. The summed E-state index contributed by atoms with van der Waals surface area (Å²) >= 11 is 2.94. The fourth-order valence-corrected chi connectivity index (χ4v) is 7.11. The number of benzene rings is 2. The average molecular weight is 804 g/mol. The van der Waals surface area contributed by atoms with Crippen LogP contribution in [-0.4, -0.2) is 97.6 Å². The maximum Gasteiger partial charge on any atom is 0.413 e. The molecular weight excluding hydrogens is 759 g/mol. The lowest BCUT2D eigenvalue weighted by Gasteiger charge is -2.18. The van der Waals surface area contributed by atoms with E-state index in [-0.39, 0.29) is 29.4 Å². The summed E-state index contributed by atoms with van der Waals surface area (Å²) in [4.78, 5) is 70.7. The number of nitrogens with two attached hydrogens (primary N) is 1. The zero-order chi connectivity index (χ0) is 41.6. The van der Waals surface area contributed by atoms with E-state index in [1.165, 1.54) is 40.5 Å². The summed E-state index contributed by atoms with van der Waals surface area (Å²) in [7, 11) is 10.3. The molecule has 0 spiro atoms. The lowest BCUT2D eigenvalue weighted by atomic mass is 10.2. The highest BCUT2D eigenvalue weighted by Gasteiger charge is 2.19. The molecule has 6 aromatic rings. The highest BCUT2D eigenvalue weighted by molar-refractivity contribution is 7.21. The summed E-state index contributed by atoms with van der Waals surface area (Å²) < 4.78 is 10.1. The minimum Gasteiger partial charge on any atom is -0.475 e. The lowest BCUT2D eigenvalue weighted by Crippen LogP contribution is -2.27. The molecule has 56 heavy (non-hydrogen) atoms. The highest BCUT2D eigenvalue weighted by Crippen LogP contribution is 2.30. The third-order valence-electron chi connectivity index (χ3n) is 7.45. The van der Waals surface area contributed by atoms with Gasteiger partial charge in [-0.25, -0.2) is 19.6 Å². The first-order chi connectivity index (χ1) is 26.1. The monoisotopic (exact) mass is 803 g/mol. The van der Waals surface area contributed by atoms with Gasteiger partial charge >= 0.3 is 12.1 Å². The molecule has 4 amide bonds. The molecule has 0 fully saturated rings. The number of imidazole rings is 2. The van der Waals surface area contributed by atoms with Gasteiger partial charge < -0.3 is 39.8 Å². The predicted molar refractivity (Wildman–Crippen MR) is 220 cm³/mol. The number of amides is 4. The van der Waals surface area contributed by atoms with Gasteiger partial charge in [0.05, 0.1) is 15.4 Å². The second kappa shape index (κ2) is 17.5. The zero-order valence-electron chi connectivity index (χ0n) is 32.7. The van der Waals surface area contributed by atoms with E-state index < -0.39 is 17.7 Å². The molecule has 16 nitrogen and oxygen atoms in total. The molecule has 5 N–H and O–H groups in total. The van der Waals surface area contributed by atoms with Crippen LogP contribution in [0.15, 0.2) is 60.9 Å². The molecule has 0 aliphatic carbocycles. The lowest BCUT2D eigenvalue weighted by molar-refractivity contribution is 0.0630. The van der Waals surface area contributed by atoms with Gasteiger partial charge in [-0.2, -0.15) is 0 Å². The average Bonchev–Trinajstić information content (AvgIpc) is 3.87. The molecule has 0 saturated carbocycles. The molecule has 0 unspecified atom stereocenters. The van der Waals surface area contributed by atoms with Crippen molar-refractivity contribution in [2.45, 2.75) is 33.3 Å². The summed E-state index contributed by atoms with van der Waals surface area (Å²) in [6.07, 6.45) is 2.52. The predicted octanol–water partition coefficient (Wildman–Crippen LogP) is 6.55. The van der Waals surface area contributed by atoms with E-state index in [0.717, 1.165) is 36.4 Å². The van der Waals surface area contributed by atoms with Crippen molar-refractivity contribution in [3.8, 4) is 0 Å². The van der Waals surface area contributed by atoms with Gasteiger partial charge in [-0.05, 0) is 87.0 Å². The Bertz CT molecular complexity index is 2420. The third-order valence-corrected chi connectivity index (χ3v) is 9.65. The van der Waals surface area contributed by atoms with Crippen molar-refractivity contribution in [1.29, 1.82) is 0 Å². The highest BCUT2D eigenvalue weighted by atomic mass is 32.1. The van der Waals surface area contributed by atoms with Gasteiger partial charge in [0.2, 0.25) is 5.82 Å². The normalized spacial score (nSPS) is 10.8. The first-order valence-corrected chi connectivity index (χ1v) is 18.6. The molecule has 4 aromatic heterocycles.